The second kappa shape index (κ2) is 12.0. The summed E-state index contributed by atoms with van der Waals surface area (Å²) in [5.74, 6) is 0.225. The standard InChI is InChI=1S/C24H26ClF3N4O4/c1-29-22-21(23(34)30-10-3-11-33)32(14-15-4-6-17(25)7-5-15)20(31-22)13-16-12-18(36-24(26,27)28)8-9-19(16)35-2/h4-9,12,29,33H,3,10-11,13-14H2,1-2H3,(H,30,34). The van der Waals surface area contributed by atoms with Crippen molar-refractivity contribution < 1.29 is 32.5 Å². The minimum Gasteiger partial charge on any atom is -0.496 e. The van der Waals surface area contributed by atoms with Crippen LogP contribution in [0.2, 0.25) is 5.02 Å². The number of aliphatic hydroxyl groups is 1. The van der Waals surface area contributed by atoms with Crippen molar-refractivity contribution in [2.45, 2.75) is 25.7 Å². The number of hydrogen-bond acceptors (Lipinski definition) is 6. The SMILES string of the molecule is CNc1nc(Cc2cc(OC(F)(F)F)ccc2OC)n(Cc2ccc(Cl)cc2)c1C(=O)NCCCO. The third-order valence-corrected chi connectivity index (χ3v) is 5.46. The van der Waals surface area contributed by atoms with Crippen LogP contribution < -0.4 is 20.1 Å². The molecular weight excluding hydrogens is 501 g/mol. The predicted octanol–water partition coefficient (Wildman–Crippen LogP) is 4.24. The van der Waals surface area contributed by atoms with Crippen LogP contribution in [-0.4, -0.2) is 54.2 Å². The summed E-state index contributed by atoms with van der Waals surface area (Å²) in [5, 5.41) is 15.3. The number of carbonyl (C=O) groups is 1. The van der Waals surface area contributed by atoms with Crippen molar-refractivity contribution in [2.75, 3.05) is 32.6 Å². The highest BCUT2D eigenvalue weighted by atomic mass is 35.5. The maximum atomic E-state index is 13.1. The van der Waals surface area contributed by atoms with Gasteiger partial charge < -0.3 is 29.8 Å². The number of nitrogens with one attached hydrogen (secondary N) is 2. The number of methoxy groups -OCH3 is 1. The van der Waals surface area contributed by atoms with Crippen molar-refractivity contribution in [1.29, 1.82) is 0 Å². The number of alkyl halides is 3. The Morgan fingerprint density at radius 1 is 1.19 bits per heavy atom. The fourth-order valence-electron chi connectivity index (χ4n) is 3.61. The van der Waals surface area contributed by atoms with Crippen molar-refractivity contribution in [1.82, 2.24) is 14.9 Å². The number of aromatic nitrogens is 2. The highest BCUT2D eigenvalue weighted by Gasteiger charge is 2.31. The van der Waals surface area contributed by atoms with Gasteiger partial charge in [0, 0.05) is 43.8 Å². The van der Waals surface area contributed by atoms with Crippen LogP contribution in [0.25, 0.3) is 0 Å². The summed E-state index contributed by atoms with van der Waals surface area (Å²) in [7, 11) is 3.02. The van der Waals surface area contributed by atoms with Crippen molar-refractivity contribution in [2.24, 2.45) is 0 Å². The van der Waals surface area contributed by atoms with Gasteiger partial charge in [0.05, 0.1) is 7.11 Å². The second-order valence-corrected chi connectivity index (χ2v) is 8.16. The number of amides is 1. The molecular formula is C24H26ClF3N4O4. The van der Waals surface area contributed by atoms with E-state index >= 15 is 0 Å². The van der Waals surface area contributed by atoms with E-state index in [4.69, 9.17) is 21.4 Å². The summed E-state index contributed by atoms with van der Waals surface area (Å²) in [4.78, 5) is 17.6. The number of carbonyl (C=O) groups excluding carboxylic acids is 1. The summed E-state index contributed by atoms with van der Waals surface area (Å²) in [5.41, 5.74) is 1.45. The molecule has 0 aliphatic heterocycles. The molecule has 3 aromatic rings. The lowest BCUT2D eigenvalue weighted by Crippen LogP contribution is -2.28. The van der Waals surface area contributed by atoms with E-state index in [0.717, 1.165) is 11.6 Å². The number of nitrogens with zero attached hydrogens (tertiary/aromatic N) is 2. The molecule has 0 aliphatic rings. The van der Waals surface area contributed by atoms with E-state index in [0.29, 0.717) is 34.4 Å². The molecule has 0 aliphatic carbocycles. The Labute approximate surface area is 211 Å². The highest BCUT2D eigenvalue weighted by Crippen LogP contribution is 2.31. The number of benzene rings is 2. The third-order valence-electron chi connectivity index (χ3n) is 5.21. The zero-order valence-electron chi connectivity index (χ0n) is 19.7. The van der Waals surface area contributed by atoms with Gasteiger partial charge in [-0.1, -0.05) is 23.7 Å². The Kier molecular flexibility index (Phi) is 9.05. The fraction of sp³-hybridized carbons (Fsp3) is 0.333. The number of ether oxygens (including phenoxy) is 2. The summed E-state index contributed by atoms with van der Waals surface area (Å²) in [6, 6.07) is 10.8. The van der Waals surface area contributed by atoms with Gasteiger partial charge in [-0.15, -0.1) is 13.2 Å². The lowest BCUT2D eigenvalue weighted by Gasteiger charge is -2.15. The molecule has 0 saturated heterocycles. The van der Waals surface area contributed by atoms with Gasteiger partial charge in [-0.3, -0.25) is 4.79 Å². The average Bonchev–Trinajstić information content (AvgIpc) is 3.16. The highest BCUT2D eigenvalue weighted by molar-refractivity contribution is 6.30. The minimum atomic E-state index is -4.85. The van der Waals surface area contributed by atoms with Gasteiger partial charge in [0.15, 0.2) is 11.5 Å². The topological polar surface area (TPSA) is 97.6 Å². The molecule has 2 aromatic carbocycles. The number of rotatable bonds is 11. The Balaban J connectivity index is 2.06. The van der Waals surface area contributed by atoms with Crippen LogP contribution in [0.3, 0.4) is 0 Å². The quantitative estimate of drug-likeness (QED) is 0.323. The molecule has 36 heavy (non-hydrogen) atoms. The molecule has 0 saturated carbocycles. The zero-order chi connectivity index (χ0) is 26.3. The van der Waals surface area contributed by atoms with Crippen LogP contribution in [0, 0.1) is 0 Å². The van der Waals surface area contributed by atoms with Gasteiger partial charge >= 0.3 is 6.36 Å². The molecule has 0 unspecified atom stereocenters. The lowest BCUT2D eigenvalue weighted by molar-refractivity contribution is -0.274. The molecule has 0 spiro atoms. The van der Waals surface area contributed by atoms with Gasteiger partial charge in [-0.25, -0.2) is 4.98 Å². The van der Waals surface area contributed by atoms with Crippen LogP contribution in [0.15, 0.2) is 42.5 Å². The summed E-state index contributed by atoms with van der Waals surface area (Å²) >= 11 is 6.01. The Hall–Kier alpha value is -3.44. The van der Waals surface area contributed by atoms with Crippen molar-refractivity contribution in [3.05, 3.63) is 70.1 Å². The molecule has 1 heterocycles. The number of anilines is 1. The van der Waals surface area contributed by atoms with Gasteiger partial charge in [0.25, 0.3) is 5.91 Å². The molecule has 1 amide bonds. The molecule has 0 bridgehead atoms. The molecule has 1 aromatic heterocycles. The van der Waals surface area contributed by atoms with Crippen molar-refractivity contribution in [3.63, 3.8) is 0 Å². The van der Waals surface area contributed by atoms with E-state index in [2.05, 4.69) is 20.4 Å². The van der Waals surface area contributed by atoms with E-state index in [1.54, 1.807) is 35.9 Å². The summed E-state index contributed by atoms with van der Waals surface area (Å²) < 4.78 is 49.5. The molecule has 3 N–H and O–H groups in total. The molecule has 12 heteroatoms. The first-order chi connectivity index (χ1) is 17.1. The third kappa shape index (κ3) is 7.05. The Bertz CT molecular complexity index is 1180. The monoisotopic (exact) mass is 526 g/mol. The first-order valence-corrected chi connectivity index (χ1v) is 11.4. The van der Waals surface area contributed by atoms with E-state index in [1.807, 2.05) is 0 Å². The van der Waals surface area contributed by atoms with Gasteiger partial charge in [-0.05, 0) is 42.3 Å². The average molecular weight is 527 g/mol. The molecule has 3 rings (SSSR count). The zero-order valence-corrected chi connectivity index (χ0v) is 20.4. The van der Waals surface area contributed by atoms with E-state index < -0.39 is 18.0 Å². The van der Waals surface area contributed by atoms with E-state index in [9.17, 15) is 18.0 Å². The van der Waals surface area contributed by atoms with Gasteiger partial charge in [-0.2, -0.15) is 0 Å². The second-order valence-electron chi connectivity index (χ2n) is 7.72. The molecule has 194 valence electrons. The normalized spacial score (nSPS) is 11.3. The van der Waals surface area contributed by atoms with Crippen LogP contribution in [0.4, 0.5) is 19.0 Å². The fourth-order valence-corrected chi connectivity index (χ4v) is 3.73. The smallest absolute Gasteiger partial charge is 0.496 e. The van der Waals surface area contributed by atoms with Crippen molar-refractivity contribution in [3.8, 4) is 11.5 Å². The van der Waals surface area contributed by atoms with Gasteiger partial charge in [0.2, 0.25) is 0 Å². The first-order valence-electron chi connectivity index (χ1n) is 11.0. The molecule has 8 nitrogen and oxygen atoms in total. The summed E-state index contributed by atoms with van der Waals surface area (Å²) in [6.07, 6.45) is -4.43. The van der Waals surface area contributed by atoms with Crippen LogP contribution >= 0.6 is 11.6 Å². The molecule has 0 atom stereocenters. The summed E-state index contributed by atoms with van der Waals surface area (Å²) in [6.45, 7) is 0.417. The number of imidazole rings is 1. The minimum absolute atomic E-state index is 0.0461. The molecule has 0 fully saturated rings. The van der Waals surface area contributed by atoms with Crippen LogP contribution in [0.5, 0.6) is 11.5 Å². The Morgan fingerprint density at radius 2 is 1.92 bits per heavy atom. The van der Waals surface area contributed by atoms with Crippen LogP contribution in [-0.2, 0) is 13.0 Å². The number of halogens is 4. The predicted molar refractivity (Wildman–Crippen MR) is 129 cm³/mol. The molecule has 0 radical (unpaired) electrons. The first kappa shape index (κ1) is 27.2. The Morgan fingerprint density at radius 3 is 2.53 bits per heavy atom. The largest absolute Gasteiger partial charge is 0.573 e. The maximum Gasteiger partial charge on any atom is 0.573 e. The van der Waals surface area contributed by atoms with E-state index in [-0.39, 0.29) is 31.8 Å². The van der Waals surface area contributed by atoms with Crippen LogP contribution in [0.1, 0.15) is 33.9 Å². The van der Waals surface area contributed by atoms with Crippen molar-refractivity contribution >= 4 is 23.3 Å². The van der Waals surface area contributed by atoms with Gasteiger partial charge in [0.1, 0.15) is 17.3 Å². The maximum absolute atomic E-state index is 13.1. The number of hydrogen-bond donors (Lipinski definition) is 3. The lowest BCUT2D eigenvalue weighted by atomic mass is 10.1. The van der Waals surface area contributed by atoms with E-state index in [1.165, 1.54) is 19.2 Å². The number of aliphatic hydroxyl groups excluding tert-OH is 1.